The molecule has 0 aliphatic heterocycles. The van der Waals surface area contributed by atoms with Gasteiger partial charge in [0.15, 0.2) is 6.10 Å². The van der Waals surface area contributed by atoms with E-state index in [0.29, 0.717) is 11.5 Å². The molecule has 72 valence electrons. The number of hydrogen-bond acceptors (Lipinski definition) is 4. The number of hydrogen-bond donors (Lipinski definition) is 1. The molecule has 0 aliphatic carbocycles. The minimum absolute atomic E-state index is 0.158. The van der Waals surface area contributed by atoms with E-state index in [1.165, 1.54) is 6.92 Å². The van der Waals surface area contributed by atoms with Crippen LogP contribution in [-0.4, -0.2) is 22.3 Å². The van der Waals surface area contributed by atoms with Gasteiger partial charge in [-0.15, -0.1) is 0 Å². The Kier molecular flexibility index (Phi) is 3.02. The summed E-state index contributed by atoms with van der Waals surface area (Å²) in [6, 6.07) is 1.70. The van der Waals surface area contributed by atoms with Gasteiger partial charge in [-0.3, -0.25) is 0 Å². The molecule has 1 atom stereocenters. The lowest BCUT2D eigenvalue weighted by molar-refractivity contribution is -0.149. The van der Waals surface area contributed by atoms with Crippen LogP contribution in [0.2, 0.25) is 0 Å². The summed E-state index contributed by atoms with van der Waals surface area (Å²) < 4.78 is 9.76. The SMILES string of the molecule is Cc1cc(CO[C@@H](C)C(=O)O)no1. The van der Waals surface area contributed by atoms with Gasteiger partial charge < -0.3 is 14.4 Å². The van der Waals surface area contributed by atoms with Crippen LogP contribution in [0.15, 0.2) is 10.6 Å². The lowest BCUT2D eigenvalue weighted by atomic mass is 10.4. The molecule has 1 rings (SSSR count). The first-order valence-corrected chi connectivity index (χ1v) is 3.86. The summed E-state index contributed by atoms with van der Waals surface area (Å²) in [5.74, 6) is -0.304. The quantitative estimate of drug-likeness (QED) is 0.756. The van der Waals surface area contributed by atoms with E-state index in [-0.39, 0.29) is 6.61 Å². The van der Waals surface area contributed by atoms with Crippen molar-refractivity contribution in [1.82, 2.24) is 5.16 Å². The molecular formula is C8H11NO4. The van der Waals surface area contributed by atoms with Gasteiger partial charge in [0, 0.05) is 6.07 Å². The molecular weight excluding hydrogens is 174 g/mol. The Morgan fingerprint density at radius 2 is 2.54 bits per heavy atom. The second kappa shape index (κ2) is 4.04. The van der Waals surface area contributed by atoms with Gasteiger partial charge in [-0.25, -0.2) is 4.79 Å². The minimum Gasteiger partial charge on any atom is -0.479 e. The molecule has 13 heavy (non-hydrogen) atoms. The molecule has 1 heterocycles. The second-order valence-corrected chi connectivity index (χ2v) is 2.72. The van der Waals surface area contributed by atoms with Crippen molar-refractivity contribution >= 4 is 5.97 Å². The number of aliphatic carboxylic acids is 1. The van der Waals surface area contributed by atoms with Crippen LogP contribution in [0, 0.1) is 6.92 Å². The molecule has 0 fully saturated rings. The van der Waals surface area contributed by atoms with Gasteiger partial charge in [-0.05, 0) is 13.8 Å². The number of rotatable bonds is 4. The number of aromatic nitrogens is 1. The maximum absolute atomic E-state index is 10.4. The summed E-state index contributed by atoms with van der Waals surface area (Å²) in [5, 5.41) is 12.2. The monoisotopic (exact) mass is 185 g/mol. The number of carboxylic acid groups (broad SMARTS) is 1. The fourth-order valence-electron chi connectivity index (χ4n) is 0.768. The number of carboxylic acids is 1. The largest absolute Gasteiger partial charge is 0.479 e. The Morgan fingerprint density at radius 3 is 3.00 bits per heavy atom. The van der Waals surface area contributed by atoms with E-state index in [9.17, 15) is 4.79 Å². The summed E-state index contributed by atoms with van der Waals surface area (Å²) >= 11 is 0. The normalized spacial score (nSPS) is 12.8. The maximum atomic E-state index is 10.4. The van der Waals surface area contributed by atoms with Crippen LogP contribution < -0.4 is 0 Å². The Bertz CT molecular complexity index is 294. The maximum Gasteiger partial charge on any atom is 0.332 e. The molecule has 0 aliphatic rings. The average molecular weight is 185 g/mol. The van der Waals surface area contributed by atoms with Gasteiger partial charge in [0.05, 0.1) is 6.61 Å². The van der Waals surface area contributed by atoms with E-state index in [2.05, 4.69) is 5.16 Å². The highest BCUT2D eigenvalue weighted by molar-refractivity contribution is 5.71. The molecule has 0 amide bonds. The van der Waals surface area contributed by atoms with Crippen LogP contribution in [0.25, 0.3) is 0 Å². The summed E-state index contributed by atoms with van der Waals surface area (Å²) in [6.45, 7) is 3.39. The van der Waals surface area contributed by atoms with Gasteiger partial charge in [-0.2, -0.15) is 0 Å². The smallest absolute Gasteiger partial charge is 0.332 e. The summed E-state index contributed by atoms with van der Waals surface area (Å²) in [7, 11) is 0. The third-order valence-corrected chi connectivity index (χ3v) is 1.51. The van der Waals surface area contributed by atoms with E-state index < -0.39 is 12.1 Å². The van der Waals surface area contributed by atoms with Gasteiger partial charge in [-0.1, -0.05) is 5.16 Å². The van der Waals surface area contributed by atoms with Gasteiger partial charge >= 0.3 is 5.97 Å². The van der Waals surface area contributed by atoms with Gasteiger partial charge in [0.25, 0.3) is 0 Å². The zero-order chi connectivity index (χ0) is 9.84. The van der Waals surface area contributed by atoms with Gasteiger partial charge in [0.2, 0.25) is 0 Å². The predicted molar refractivity (Wildman–Crippen MR) is 43.1 cm³/mol. The second-order valence-electron chi connectivity index (χ2n) is 2.72. The van der Waals surface area contributed by atoms with Crippen LogP contribution >= 0.6 is 0 Å². The molecule has 0 spiro atoms. The molecule has 0 bridgehead atoms. The molecule has 0 unspecified atom stereocenters. The van der Waals surface area contributed by atoms with E-state index in [4.69, 9.17) is 14.4 Å². The van der Waals surface area contributed by atoms with Crippen molar-refractivity contribution in [3.63, 3.8) is 0 Å². The van der Waals surface area contributed by atoms with Crippen LogP contribution in [0.5, 0.6) is 0 Å². The lowest BCUT2D eigenvalue weighted by Crippen LogP contribution is -2.19. The summed E-state index contributed by atoms with van der Waals surface area (Å²) in [6.07, 6.45) is -0.822. The van der Waals surface area contributed by atoms with Crippen LogP contribution in [0.4, 0.5) is 0 Å². The van der Waals surface area contributed by atoms with Crippen molar-refractivity contribution in [2.75, 3.05) is 0 Å². The highest BCUT2D eigenvalue weighted by Gasteiger charge is 2.11. The molecule has 1 N–H and O–H groups in total. The van der Waals surface area contributed by atoms with Crippen LogP contribution in [0.3, 0.4) is 0 Å². The van der Waals surface area contributed by atoms with E-state index in [1.807, 2.05) is 0 Å². The first kappa shape index (κ1) is 9.73. The number of nitrogens with zero attached hydrogens (tertiary/aromatic N) is 1. The number of carbonyl (C=O) groups is 1. The highest BCUT2D eigenvalue weighted by atomic mass is 16.5. The fourth-order valence-corrected chi connectivity index (χ4v) is 0.768. The van der Waals surface area contributed by atoms with E-state index in [0.717, 1.165) is 0 Å². The average Bonchev–Trinajstić information content (AvgIpc) is 2.47. The number of aryl methyl sites for hydroxylation is 1. The Morgan fingerprint density at radius 1 is 1.85 bits per heavy atom. The zero-order valence-electron chi connectivity index (χ0n) is 7.48. The van der Waals surface area contributed by atoms with Crippen molar-refractivity contribution < 1.29 is 19.2 Å². The van der Waals surface area contributed by atoms with Crippen molar-refractivity contribution in [2.24, 2.45) is 0 Å². The standard InChI is InChI=1S/C8H11NO4/c1-5-3-7(9-13-5)4-12-6(2)8(10)11/h3,6H,4H2,1-2H3,(H,10,11)/t6-/m0/s1. The molecule has 0 saturated heterocycles. The Balaban J connectivity index is 2.39. The molecule has 0 radical (unpaired) electrons. The number of ether oxygens (including phenoxy) is 1. The third kappa shape index (κ3) is 2.87. The van der Waals surface area contributed by atoms with Crippen molar-refractivity contribution in [2.45, 2.75) is 26.6 Å². The molecule has 5 heteroatoms. The fraction of sp³-hybridized carbons (Fsp3) is 0.500. The molecule has 5 nitrogen and oxygen atoms in total. The van der Waals surface area contributed by atoms with Crippen molar-refractivity contribution in [1.29, 1.82) is 0 Å². The summed E-state index contributed by atoms with van der Waals surface area (Å²) in [4.78, 5) is 10.4. The molecule has 0 saturated carbocycles. The molecule has 1 aromatic heterocycles. The molecule has 1 aromatic rings. The van der Waals surface area contributed by atoms with Crippen molar-refractivity contribution in [3.05, 3.63) is 17.5 Å². The topological polar surface area (TPSA) is 72.6 Å². The van der Waals surface area contributed by atoms with Crippen LogP contribution in [-0.2, 0) is 16.1 Å². The molecule has 0 aromatic carbocycles. The van der Waals surface area contributed by atoms with E-state index >= 15 is 0 Å². The first-order valence-electron chi connectivity index (χ1n) is 3.86. The van der Waals surface area contributed by atoms with E-state index in [1.54, 1.807) is 13.0 Å². The van der Waals surface area contributed by atoms with Crippen molar-refractivity contribution in [3.8, 4) is 0 Å². The predicted octanol–water partition coefficient (Wildman–Crippen LogP) is 0.973. The highest BCUT2D eigenvalue weighted by Crippen LogP contribution is 2.04. The van der Waals surface area contributed by atoms with Gasteiger partial charge in [0.1, 0.15) is 11.5 Å². The third-order valence-electron chi connectivity index (χ3n) is 1.51. The lowest BCUT2D eigenvalue weighted by Gasteiger charge is -2.05. The summed E-state index contributed by atoms with van der Waals surface area (Å²) in [5.41, 5.74) is 0.602. The Labute approximate surface area is 75.3 Å². The first-order chi connectivity index (χ1) is 6.09. The Hall–Kier alpha value is -1.36. The van der Waals surface area contributed by atoms with Crippen LogP contribution in [0.1, 0.15) is 18.4 Å². The minimum atomic E-state index is -0.986. The zero-order valence-corrected chi connectivity index (χ0v) is 7.48.